The molecule has 0 saturated heterocycles. The number of carbonyl (C=O) groups is 2. The first-order valence-electron chi connectivity index (χ1n) is 15.3. The maximum Gasteiger partial charge on any atom is 0.293 e. The van der Waals surface area contributed by atoms with Crippen LogP contribution in [-0.4, -0.2) is 21.4 Å². The van der Waals surface area contributed by atoms with Crippen molar-refractivity contribution in [2.24, 2.45) is 0 Å². The minimum atomic E-state index is -0.270. The molecule has 0 aliphatic rings. The topological polar surface area (TPSA) is 105 Å². The van der Waals surface area contributed by atoms with E-state index in [4.69, 9.17) is 4.98 Å². The highest BCUT2D eigenvalue weighted by Gasteiger charge is 2.17. The number of benzene rings is 4. The van der Waals surface area contributed by atoms with Crippen molar-refractivity contribution in [3.05, 3.63) is 135 Å². The van der Waals surface area contributed by atoms with Crippen LogP contribution in [-0.2, 0) is 12.0 Å². The molecular formula is C38H39N5O3. The third kappa shape index (κ3) is 7.07. The van der Waals surface area contributed by atoms with Gasteiger partial charge in [-0.25, -0.2) is 4.98 Å². The first-order chi connectivity index (χ1) is 21.9. The average molecular weight is 614 g/mol. The molecule has 0 atom stereocenters. The van der Waals surface area contributed by atoms with Crippen molar-refractivity contribution in [1.82, 2.24) is 9.55 Å². The van der Waals surface area contributed by atoms with Crippen molar-refractivity contribution >= 4 is 34.7 Å². The van der Waals surface area contributed by atoms with Gasteiger partial charge in [0.05, 0.1) is 5.69 Å². The minimum absolute atomic E-state index is 0.00259. The summed E-state index contributed by atoms with van der Waals surface area (Å²) < 4.78 is 1.59. The highest BCUT2D eigenvalue weighted by molar-refractivity contribution is 6.05. The molecule has 0 bridgehead atoms. The van der Waals surface area contributed by atoms with Crippen LogP contribution in [0.2, 0.25) is 0 Å². The van der Waals surface area contributed by atoms with E-state index in [1.807, 2.05) is 87.5 Å². The Kier molecular flexibility index (Phi) is 9.18. The molecule has 4 aromatic carbocycles. The lowest BCUT2D eigenvalue weighted by molar-refractivity contribution is 0.101. The van der Waals surface area contributed by atoms with Crippen molar-refractivity contribution in [1.29, 1.82) is 0 Å². The average Bonchev–Trinajstić information content (AvgIpc) is 3.04. The normalized spacial score (nSPS) is 11.2. The molecule has 46 heavy (non-hydrogen) atoms. The van der Waals surface area contributed by atoms with Crippen LogP contribution in [0.25, 0.3) is 11.3 Å². The van der Waals surface area contributed by atoms with E-state index in [2.05, 4.69) is 36.7 Å². The van der Waals surface area contributed by atoms with E-state index in [0.717, 1.165) is 27.9 Å². The first-order valence-corrected chi connectivity index (χ1v) is 15.3. The van der Waals surface area contributed by atoms with Gasteiger partial charge in [-0.05, 0) is 91.4 Å². The van der Waals surface area contributed by atoms with Gasteiger partial charge in [-0.2, -0.15) is 0 Å². The lowest BCUT2D eigenvalue weighted by Gasteiger charge is -2.19. The molecule has 1 aromatic heterocycles. The third-order valence-corrected chi connectivity index (χ3v) is 7.99. The molecule has 0 unspecified atom stereocenters. The van der Waals surface area contributed by atoms with Gasteiger partial charge >= 0.3 is 0 Å². The molecule has 3 N–H and O–H groups in total. The smallest absolute Gasteiger partial charge is 0.293 e. The third-order valence-electron chi connectivity index (χ3n) is 7.99. The second kappa shape index (κ2) is 13.2. The summed E-state index contributed by atoms with van der Waals surface area (Å²) >= 11 is 0. The zero-order chi connectivity index (χ0) is 33.0. The number of anilines is 4. The van der Waals surface area contributed by atoms with Gasteiger partial charge in [-0.15, -0.1) is 0 Å². The highest BCUT2D eigenvalue weighted by atomic mass is 16.2. The van der Waals surface area contributed by atoms with Crippen LogP contribution in [0, 0.1) is 13.8 Å². The van der Waals surface area contributed by atoms with Crippen LogP contribution in [0.1, 0.15) is 65.1 Å². The zero-order valence-electron chi connectivity index (χ0n) is 27.1. The van der Waals surface area contributed by atoms with Crippen molar-refractivity contribution in [2.45, 2.75) is 53.5 Å². The number of amides is 2. The van der Waals surface area contributed by atoms with Crippen LogP contribution in [0.3, 0.4) is 0 Å². The second-order valence-corrected chi connectivity index (χ2v) is 12.3. The number of hydrogen-bond acceptors (Lipinski definition) is 5. The number of rotatable bonds is 8. The van der Waals surface area contributed by atoms with Crippen LogP contribution in [0.15, 0.2) is 102 Å². The van der Waals surface area contributed by atoms with Crippen molar-refractivity contribution in [2.75, 3.05) is 16.0 Å². The Morgan fingerprint density at radius 2 is 1.35 bits per heavy atom. The summed E-state index contributed by atoms with van der Waals surface area (Å²) in [5, 5.41) is 9.11. The van der Waals surface area contributed by atoms with Gasteiger partial charge < -0.3 is 20.5 Å². The fraction of sp³-hybridized carbons (Fsp3) is 0.211. The summed E-state index contributed by atoms with van der Waals surface area (Å²) in [4.78, 5) is 43.9. The van der Waals surface area contributed by atoms with E-state index in [0.29, 0.717) is 34.7 Å². The summed E-state index contributed by atoms with van der Waals surface area (Å²) in [6.45, 7) is 12.6. The molecule has 234 valence electrons. The van der Waals surface area contributed by atoms with E-state index in [9.17, 15) is 14.4 Å². The molecule has 0 aliphatic carbocycles. The first kappa shape index (κ1) is 31.9. The Bertz CT molecular complexity index is 1950. The van der Waals surface area contributed by atoms with E-state index in [1.165, 1.54) is 0 Å². The zero-order valence-corrected chi connectivity index (χ0v) is 27.1. The Hall–Kier alpha value is -5.50. The maximum absolute atomic E-state index is 13.3. The fourth-order valence-corrected chi connectivity index (χ4v) is 5.10. The number of aryl methyl sites for hydroxylation is 2. The van der Waals surface area contributed by atoms with Crippen molar-refractivity contribution in [3.8, 4) is 11.3 Å². The van der Waals surface area contributed by atoms with Gasteiger partial charge in [-0.1, -0.05) is 63.2 Å². The summed E-state index contributed by atoms with van der Waals surface area (Å²) in [7, 11) is 0. The molecule has 5 rings (SSSR count). The summed E-state index contributed by atoms with van der Waals surface area (Å²) in [6, 6.07) is 27.8. The molecule has 0 radical (unpaired) electrons. The standard InChI is InChI=1S/C38H39N5O3/c1-7-43-23-33(30-12-10-14-32(25(30)3)42-36(45)26-15-19-28(20-16-26)38(4,5)6)40-34(37(43)46)39-29-21-17-27(18-22-29)35(44)41-31-13-9-8-11-24(31)2/h8-23H,7H2,1-6H3,(H,39,40)(H,41,44)(H,42,45). The van der Waals surface area contributed by atoms with Gasteiger partial charge in [0.15, 0.2) is 5.82 Å². The van der Waals surface area contributed by atoms with Gasteiger partial charge in [0, 0.05) is 46.5 Å². The van der Waals surface area contributed by atoms with Crippen molar-refractivity contribution in [3.63, 3.8) is 0 Å². The Morgan fingerprint density at radius 3 is 1.96 bits per heavy atom. The molecule has 8 nitrogen and oxygen atoms in total. The molecule has 0 aliphatic heterocycles. The minimum Gasteiger partial charge on any atom is -0.336 e. The fourth-order valence-electron chi connectivity index (χ4n) is 5.10. The largest absolute Gasteiger partial charge is 0.336 e. The van der Waals surface area contributed by atoms with Gasteiger partial charge in [-0.3, -0.25) is 14.4 Å². The number of hydrogen-bond donors (Lipinski definition) is 3. The lowest BCUT2D eigenvalue weighted by Crippen LogP contribution is -2.23. The summed E-state index contributed by atoms with van der Waals surface area (Å²) in [5.41, 5.74) is 7.14. The maximum atomic E-state index is 13.3. The Labute approximate surface area is 269 Å². The van der Waals surface area contributed by atoms with Crippen LogP contribution >= 0.6 is 0 Å². The van der Waals surface area contributed by atoms with Crippen molar-refractivity contribution < 1.29 is 9.59 Å². The molecule has 0 fully saturated rings. The van der Waals surface area contributed by atoms with Gasteiger partial charge in [0.1, 0.15) is 0 Å². The van der Waals surface area contributed by atoms with Crippen LogP contribution < -0.4 is 21.5 Å². The second-order valence-electron chi connectivity index (χ2n) is 12.3. The molecule has 8 heteroatoms. The Morgan fingerprint density at radius 1 is 0.761 bits per heavy atom. The lowest BCUT2D eigenvalue weighted by atomic mass is 9.86. The molecule has 0 saturated carbocycles. The molecule has 2 amide bonds. The van der Waals surface area contributed by atoms with Crippen LogP contribution in [0.4, 0.5) is 22.9 Å². The Balaban J connectivity index is 1.37. The molecule has 0 spiro atoms. The number of para-hydroxylation sites is 1. The summed E-state index contributed by atoms with van der Waals surface area (Å²) in [6.07, 6.45) is 1.73. The molecule has 1 heterocycles. The number of nitrogens with zero attached hydrogens (tertiary/aromatic N) is 2. The summed E-state index contributed by atoms with van der Waals surface area (Å²) in [5.74, 6) is -0.270. The van der Waals surface area contributed by atoms with E-state index in [-0.39, 0.29) is 28.6 Å². The predicted octanol–water partition coefficient (Wildman–Crippen LogP) is 8.09. The van der Waals surface area contributed by atoms with Gasteiger partial charge in [0.2, 0.25) is 0 Å². The predicted molar refractivity (Wildman–Crippen MR) is 186 cm³/mol. The molecule has 5 aromatic rings. The highest BCUT2D eigenvalue weighted by Crippen LogP contribution is 2.29. The number of nitrogens with one attached hydrogen (secondary N) is 3. The van der Waals surface area contributed by atoms with Crippen LogP contribution in [0.5, 0.6) is 0 Å². The number of aromatic nitrogens is 2. The number of carbonyl (C=O) groups excluding carboxylic acids is 2. The van der Waals surface area contributed by atoms with E-state index in [1.54, 1.807) is 35.0 Å². The quantitative estimate of drug-likeness (QED) is 0.164. The SMILES string of the molecule is CCn1cc(-c2cccc(NC(=O)c3ccc(C(C)(C)C)cc3)c2C)nc(Nc2ccc(C(=O)Nc3ccccc3C)cc2)c1=O. The van der Waals surface area contributed by atoms with E-state index < -0.39 is 0 Å². The molecular weight excluding hydrogens is 574 g/mol. The van der Waals surface area contributed by atoms with E-state index >= 15 is 0 Å². The monoisotopic (exact) mass is 613 g/mol. The van der Waals surface area contributed by atoms with Gasteiger partial charge in [0.25, 0.3) is 17.4 Å².